The van der Waals surface area contributed by atoms with Crippen molar-refractivity contribution in [2.45, 2.75) is 38.6 Å². The molecule has 0 heterocycles. The van der Waals surface area contributed by atoms with Crippen molar-refractivity contribution in [3.8, 4) is 5.75 Å². The number of nitrogens with one attached hydrogen (secondary N) is 1. The van der Waals surface area contributed by atoms with Gasteiger partial charge in [-0.3, -0.25) is 0 Å². The van der Waals surface area contributed by atoms with E-state index in [1.165, 1.54) is 12.1 Å². The first kappa shape index (κ1) is 16.5. The SMILES string of the molecule is CCOc1ccc(NC(=O)N(CCCCO)C2CC2)cc1F. The largest absolute Gasteiger partial charge is 0.491 e. The summed E-state index contributed by atoms with van der Waals surface area (Å²) in [6.45, 7) is 2.92. The number of urea groups is 1. The van der Waals surface area contributed by atoms with E-state index in [0.717, 1.165) is 19.3 Å². The summed E-state index contributed by atoms with van der Waals surface area (Å²) < 4.78 is 18.9. The number of aliphatic hydroxyl groups excluding tert-OH is 1. The average molecular weight is 310 g/mol. The zero-order valence-corrected chi connectivity index (χ0v) is 12.8. The van der Waals surface area contributed by atoms with Crippen LogP contribution in [0.5, 0.6) is 5.75 Å². The molecule has 22 heavy (non-hydrogen) atoms. The Bertz CT molecular complexity index is 506. The van der Waals surface area contributed by atoms with E-state index < -0.39 is 5.82 Å². The lowest BCUT2D eigenvalue weighted by Gasteiger charge is -2.23. The molecule has 0 saturated heterocycles. The van der Waals surface area contributed by atoms with Gasteiger partial charge in [-0.2, -0.15) is 0 Å². The third-order valence-electron chi connectivity index (χ3n) is 3.54. The van der Waals surface area contributed by atoms with Crippen molar-refractivity contribution in [1.82, 2.24) is 4.90 Å². The number of halogens is 1. The second-order valence-electron chi connectivity index (χ2n) is 5.36. The standard InChI is InChI=1S/C16H23FN2O3/c1-2-22-15-8-5-12(11-14(15)17)18-16(21)19(13-6-7-13)9-3-4-10-20/h5,8,11,13,20H,2-4,6-7,9-10H2,1H3,(H,18,21). The first-order chi connectivity index (χ1) is 10.7. The third kappa shape index (κ3) is 4.59. The molecule has 0 aliphatic heterocycles. The molecule has 1 aromatic carbocycles. The molecule has 1 aliphatic rings. The molecule has 1 saturated carbocycles. The molecule has 2 rings (SSSR count). The smallest absolute Gasteiger partial charge is 0.322 e. The van der Waals surface area contributed by atoms with Crippen molar-refractivity contribution in [1.29, 1.82) is 0 Å². The van der Waals surface area contributed by atoms with Crippen LogP contribution in [-0.2, 0) is 0 Å². The summed E-state index contributed by atoms with van der Waals surface area (Å²) in [5.74, 6) is -0.305. The Balaban J connectivity index is 1.95. The van der Waals surface area contributed by atoms with Crippen molar-refractivity contribution in [2.24, 2.45) is 0 Å². The number of amides is 2. The van der Waals surface area contributed by atoms with Gasteiger partial charge in [-0.1, -0.05) is 0 Å². The average Bonchev–Trinajstić information content (AvgIpc) is 3.31. The normalized spacial score (nSPS) is 13.8. The van der Waals surface area contributed by atoms with Gasteiger partial charge in [-0.15, -0.1) is 0 Å². The molecule has 122 valence electrons. The topological polar surface area (TPSA) is 61.8 Å². The number of ether oxygens (including phenoxy) is 1. The summed E-state index contributed by atoms with van der Waals surface area (Å²) in [7, 11) is 0. The highest BCUT2D eigenvalue weighted by Crippen LogP contribution is 2.28. The fourth-order valence-corrected chi connectivity index (χ4v) is 2.28. The van der Waals surface area contributed by atoms with Gasteiger partial charge in [0, 0.05) is 30.9 Å². The predicted molar refractivity (Wildman–Crippen MR) is 82.6 cm³/mol. The van der Waals surface area contributed by atoms with Gasteiger partial charge in [-0.05, 0) is 44.7 Å². The summed E-state index contributed by atoms with van der Waals surface area (Å²) >= 11 is 0. The third-order valence-corrected chi connectivity index (χ3v) is 3.54. The molecular weight excluding hydrogens is 287 g/mol. The highest BCUT2D eigenvalue weighted by molar-refractivity contribution is 5.89. The maximum absolute atomic E-state index is 13.8. The first-order valence-corrected chi connectivity index (χ1v) is 7.76. The van der Waals surface area contributed by atoms with E-state index in [4.69, 9.17) is 9.84 Å². The Morgan fingerprint density at radius 2 is 2.23 bits per heavy atom. The van der Waals surface area contributed by atoms with E-state index >= 15 is 0 Å². The number of benzene rings is 1. The zero-order chi connectivity index (χ0) is 15.9. The van der Waals surface area contributed by atoms with Crippen LogP contribution in [0, 0.1) is 5.82 Å². The van der Waals surface area contributed by atoms with Crippen LogP contribution in [0.3, 0.4) is 0 Å². The molecule has 0 unspecified atom stereocenters. The fraction of sp³-hybridized carbons (Fsp3) is 0.562. The lowest BCUT2D eigenvalue weighted by atomic mass is 10.3. The van der Waals surface area contributed by atoms with Crippen LogP contribution >= 0.6 is 0 Å². The summed E-state index contributed by atoms with van der Waals surface area (Å²) in [5.41, 5.74) is 0.416. The van der Waals surface area contributed by atoms with Gasteiger partial charge in [0.1, 0.15) is 0 Å². The molecule has 1 fully saturated rings. The summed E-state index contributed by atoms with van der Waals surface area (Å²) in [6, 6.07) is 4.46. The Labute approximate surface area is 130 Å². The lowest BCUT2D eigenvalue weighted by Crippen LogP contribution is -2.37. The van der Waals surface area contributed by atoms with Gasteiger partial charge >= 0.3 is 6.03 Å². The molecule has 1 aliphatic carbocycles. The number of aliphatic hydroxyl groups is 1. The van der Waals surface area contributed by atoms with Gasteiger partial charge in [0.2, 0.25) is 0 Å². The number of anilines is 1. The number of rotatable bonds is 8. The highest BCUT2D eigenvalue weighted by atomic mass is 19.1. The molecule has 0 spiro atoms. The maximum atomic E-state index is 13.8. The minimum Gasteiger partial charge on any atom is -0.491 e. The number of hydrogen-bond donors (Lipinski definition) is 2. The van der Waals surface area contributed by atoms with Crippen molar-refractivity contribution < 1.29 is 19.0 Å². The van der Waals surface area contributed by atoms with Gasteiger partial charge < -0.3 is 20.1 Å². The van der Waals surface area contributed by atoms with Crippen molar-refractivity contribution >= 4 is 11.7 Å². The molecule has 0 atom stereocenters. The highest BCUT2D eigenvalue weighted by Gasteiger charge is 2.32. The van der Waals surface area contributed by atoms with Crippen LogP contribution in [0.1, 0.15) is 32.6 Å². The second kappa shape index (κ2) is 7.98. The molecule has 2 N–H and O–H groups in total. The molecule has 6 heteroatoms. The maximum Gasteiger partial charge on any atom is 0.322 e. The van der Waals surface area contributed by atoms with Crippen LogP contribution in [0.25, 0.3) is 0 Å². The van der Waals surface area contributed by atoms with Crippen molar-refractivity contribution in [3.63, 3.8) is 0 Å². The Hall–Kier alpha value is -1.82. The van der Waals surface area contributed by atoms with E-state index in [1.807, 2.05) is 0 Å². The minimum atomic E-state index is -0.488. The van der Waals surface area contributed by atoms with Gasteiger partial charge in [0.05, 0.1) is 6.61 Å². The van der Waals surface area contributed by atoms with E-state index in [2.05, 4.69) is 5.32 Å². The van der Waals surface area contributed by atoms with E-state index in [1.54, 1.807) is 17.9 Å². The summed E-state index contributed by atoms with van der Waals surface area (Å²) in [4.78, 5) is 14.1. The Kier molecular flexibility index (Phi) is 6.00. The number of unbranched alkanes of at least 4 members (excludes halogenated alkanes) is 1. The van der Waals surface area contributed by atoms with Gasteiger partial charge in [0.15, 0.2) is 11.6 Å². The zero-order valence-electron chi connectivity index (χ0n) is 12.8. The molecule has 5 nitrogen and oxygen atoms in total. The van der Waals surface area contributed by atoms with Gasteiger partial charge in [-0.25, -0.2) is 9.18 Å². The van der Waals surface area contributed by atoms with E-state index in [-0.39, 0.29) is 24.4 Å². The van der Waals surface area contributed by atoms with Crippen LogP contribution in [0.15, 0.2) is 18.2 Å². The lowest BCUT2D eigenvalue weighted by molar-refractivity contribution is 0.204. The Morgan fingerprint density at radius 3 is 2.82 bits per heavy atom. The Morgan fingerprint density at radius 1 is 1.45 bits per heavy atom. The van der Waals surface area contributed by atoms with Crippen LogP contribution < -0.4 is 10.1 Å². The van der Waals surface area contributed by atoms with E-state index in [0.29, 0.717) is 25.3 Å². The molecule has 0 bridgehead atoms. The number of nitrogens with zero attached hydrogens (tertiary/aromatic N) is 1. The quantitative estimate of drug-likeness (QED) is 0.726. The summed E-state index contributed by atoms with van der Waals surface area (Å²) in [6.07, 6.45) is 3.45. The number of hydrogen-bond acceptors (Lipinski definition) is 3. The molecule has 0 aromatic heterocycles. The van der Waals surface area contributed by atoms with Crippen LogP contribution in [-0.4, -0.2) is 41.8 Å². The minimum absolute atomic E-state index is 0.129. The molecule has 1 aromatic rings. The summed E-state index contributed by atoms with van der Waals surface area (Å²) in [5, 5.41) is 11.6. The van der Waals surface area contributed by atoms with Crippen LogP contribution in [0.2, 0.25) is 0 Å². The molecule has 0 radical (unpaired) electrons. The number of carbonyl (C=O) groups excluding carboxylic acids is 1. The van der Waals surface area contributed by atoms with Crippen molar-refractivity contribution in [3.05, 3.63) is 24.0 Å². The van der Waals surface area contributed by atoms with Gasteiger partial charge in [0.25, 0.3) is 0 Å². The fourth-order valence-electron chi connectivity index (χ4n) is 2.28. The number of carbonyl (C=O) groups is 1. The van der Waals surface area contributed by atoms with Crippen molar-refractivity contribution in [2.75, 3.05) is 25.1 Å². The predicted octanol–water partition coefficient (Wildman–Crippen LogP) is 2.99. The monoisotopic (exact) mass is 310 g/mol. The second-order valence-corrected chi connectivity index (χ2v) is 5.36. The molecular formula is C16H23FN2O3. The molecule has 2 amide bonds. The first-order valence-electron chi connectivity index (χ1n) is 7.76. The van der Waals surface area contributed by atoms with E-state index in [9.17, 15) is 9.18 Å². The van der Waals surface area contributed by atoms with Crippen LogP contribution in [0.4, 0.5) is 14.9 Å².